The Hall–Kier alpha value is -0.120. The summed E-state index contributed by atoms with van der Waals surface area (Å²) < 4.78 is 0. The largest absolute Gasteiger partial charge is 0.387 e. The van der Waals surface area contributed by atoms with E-state index in [1.54, 1.807) is 0 Å². The summed E-state index contributed by atoms with van der Waals surface area (Å²) in [4.78, 5) is 4.68. The average molecular weight is 240 g/mol. The SMILES string of the molecule is CN1CCCC(O)(CN(C)C2CCCCC2)C1. The molecule has 1 aliphatic heterocycles. The zero-order chi connectivity index (χ0) is 12.3. The molecule has 3 heteroatoms. The van der Waals surface area contributed by atoms with Crippen LogP contribution in [-0.2, 0) is 0 Å². The van der Waals surface area contributed by atoms with Gasteiger partial charge in [-0.15, -0.1) is 0 Å². The number of β-amino-alcohol motifs (C(OH)–C–C–N with tert-alkyl or cyclic N) is 1. The van der Waals surface area contributed by atoms with Gasteiger partial charge in [0.1, 0.15) is 0 Å². The van der Waals surface area contributed by atoms with Gasteiger partial charge in [-0.05, 0) is 46.3 Å². The lowest BCUT2D eigenvalue weighted by molar-refractivity contribution is -0.0518. The molecule has 1 aliphatic carbocycles. The van der Waals surface area contributed by atoms with Crippen molar-refractivity contribution in [1.29, 1.82) is 0 Å². The Morgan fingerprint density at radius 1 is 1.24 bits per heavy atom. The number of likely N-dealkylation sites (N-methyl/N-ethyl adjacent to an activating group) is 2. The molecule has 2 fully saturated rings. The van der Waals surface area contributed by atoms with Crippen molar-refractivity contribution >= 4 is 0 Å². The van der Waals surface area contributed by atoms with Crippen LogP contribution >= 0.6 is 0 Å². The van der Waals surface area contributed by atoms with Gasteiger partial charge in [0, 0.05) is 19.1 Å². The van der Waals surface area contributed by atoms with Gasteiger partial charge in [-0.3, -0.25) is 0 Å². The van der Waals surface area contributed by atoms with E-state index in [0.717, 1.165) is 32.5 Å². The molecule has 0 aromatic carbocycles. The van der Waals surface area contributed by atoms with Crippen molar-refractivity contribution in [2.75, 3.05) is 33.7 Å². The third-order valence-corrected chi connectivity index (χ3v) is 4.49. The molecular weight excluding hydrogens is 212 g/mol. The summed E-state index contributed by atoms with van der Waals surface area (Å²) in [5.74, 6) is 0. The van der Waals surface area contributed by atoms with Crippen LogP contribution in [0.4, 0.5) is 0 Å². The molecule has 1 N–H and O–H groups in total. The minimum absolute atomic E-state index is 0.473. The summed E-state index contributed by atoms with van der Waals surface area (Å²) in [6.45, 7) is 2.82. The lowest BCUT2D eigenvalue weighted by Crippen LogP contribution is -2.54. The third kappa shape index (κ3) is 3.67. The fourth-order valence-electron chi connectivity index (χ4n) is 3.58. The minimum atomic E-state index is -0.473. The molecule has 1 unspecified atom stereocenters. The Morgan fingerprint density at radius 3 is 2.59 bits per heavy atom. The van der Waals surface area contributed by atoms with Gasteiger partial charge in [-0.25, -0.2) is 0 Å². The highest BCUT2D eigenvalue weighted by Gasteiger charge is 2.34. The van der Waals surface area contributed by atoms with E-state index in [-0.39, 0.29) is 0 Å². The van der Waals surface area contributed by atoms with Crippen molar-refractivity contribution in [3.05, 3.63) is 0 Å². The minimum Gasteiger partial charge on any atom is -0.387 e. The second-order valence-electron chi connectivity index (χ2n) is 6.27. The Balaban J connectivity index is 1.85. The first-order valence-electron chi connectivity index (χ1n) is 7.20. The summed E-state index contributed by atoms with van der Waals surface area (Å²) in [5, 5.41) is 10.7. The molecule has 0 spiro atoms. The van der Waals surface area contributed by atoms with E-state index >= 15 is 0 Å². The smallest absolute Gasteiger partial charge is 0.0900 e. The zero-order valence-electron chi connectivity index (χ0n) is 11.5. The van der Waals surface area contributed by atoms with Gasteiger partial charge in [0.05, 0.1) is 5.60 Å². The van der Waals surface area contributed by atoms with Crippen LogP contribution in [0.1, 0.15) is 44.9 Å². The number of piperidine rings is 1. The molecule has 17 heavy (non-hydrogen) atoms. The zero-order valence-corrected chi connectivity index (χ0v) is 11.5. The first kappa shape index (κ1) is 13.3. The van der Waals surface area contributed by atoms with Crippen LogP contribution in [0, 0.1) is 0 Å². The van der Waals surface area contributed by atoms with Crippen molar-refractivity contribution in [3.63, 3.8) is 0 Å². The molecule has 0 aromatic heterocycles. The van der Waals surface area contributed by atoms with Gasteiger partial charge in [0.2, 0.25) is 0 Å². The van der Waals surface area contributed by atoms with Gasteiger partial charge in [0.15, 0.2) is 0 Å². The molecule has 1 heterocycles. The molecule has 0 radical (unpaired) electrons. The molecule has 1 atom stereocenters. The Kier molecular flexibility index (Phi) is 4.45. The predicted molar refractivity (Wildman–Crippen MR) is 71.2 cm³/mol. The summed E-state index contributed by atoms with van der Waals surface area (Å²) in [6.07, 6.45) is 8.88. The maximum Gasteiger partial charge on any atom is 0.0900 e. The number of rotatable bonds is 3. The third-order valence-electron chi connectivity index (χ3n) is 4.49. The summed E-state index contributed by atoms with van der Waals surface area (Å²) >= 11 is 0. The van der Waals surface area contributed by atoms with Crippen molar-refractivity contribution in [2.24, 2.45) is 0 Å². The van der Waals surface area contributed by atoms with Crippen LogP contribution in [0.25, 0.3) is 0 Å². The highest BCUT2D eigenvalue weighted by molar-refractivity contribution is 4.90. The van der Waals surface area contributed by atoms with Crippen LogP contribution in [-0.4, -0.2) is 60.3 Å². The number of hydrogen-bond acceptors (Lipinski definition) is 3. The van der Waals surface area contributed by atoms with Crippen molar-refractivity contribution < 1.29 is 5.11 Å². The molecule has 1 saturated carbocycles. The van der Waals surface area contributed by atoms with Crippen LogP contribution in [0.5, 0.6) is 0 Å². The molecular formula is C14H28N2O. The van der Waals surface area contributed by atoms with Crippen LogP contribution in [0.3, 0.4) is 0 Å². The maximum absolute atomic E-state index is 10.7. The molecule has 2 rings (SSSR count). The van der Waals surface area contributed by atoms with Gasteiger partial charge in [-0.2, -0.15) is 0 Å². The monoisotopic (exact) mass is 240 g/mol. The maximum atomic E-state index is 10.7. The average Bonchev–Trinajstić information content (AvgIpc) is 2.29. The van der Waals surface area contributed by atoms with Gasteiger partial charge >= 0.3 is 0 Å². The van der Waals surface area contributed by atoms with Crippen LogP contribution in [0.15, 0.2) is 0 Å². The topological polar surface area (TPSA) is 26.7 Å². The van der Waals surface area contributed by atoms with E-state index < -0.39 is 5.60 Å². The predicted octanol–water partition coefficient (Wildman–Crippen LogP) is 1.71. The lowest BCUT2D eigenvalue weighted by Gasteiger charge is -2.42. The van der Waals surface area contributed by atoms with Crippen LogP contribution < -0.4 is 0 Å². The molecule has 0 amide bonds. The van der Waals surface area contributed by atoms with Gasteiger partial charge in [0.25, 0.3) is 0 Å². The number of hydrogen-bond donors (Lipinski definition) is 1. The first-order chi connectivity index (χ1) is 8.09. The standard InChI is InChI=1S/C14H28N2O/c1-15-10-6-9-14(17,11-15)12-16(2)13-7-4-3-5-8-13/h13,17H,3-12H2,1-2H3. The highest BCUT2D eigenvalue weighted by Crippen LogP contribution is 2.26. The summed E-state index contributed by atoms with van der Waals surface area (Å²) in [6, 6.07) is 0.708. The van der Waals surface area contributed by atoms with E-state index in [2.05, 4.69) is 23.9 Å². The quantitative estimate of drug-likeness (QED) is 0.813. The molecule has 2 aliphatic rings. The second-order valence-corrected chi connectivity index (χ2v) is 6.27. The van der Waals surface area contributed by atoms with Crippen molar-refractivity contribution in [3.8, 4) is 0 Å². The van der Waals surface area contributed by atoms with Crippen molar-refractivity contribution in [2.45, 2.75) is 56.6 Å². The molecule has 3 nitrogen and oxygen atoms in total. The summed E-state index contributed by atoms with van der Waals surface area (Å²) in [5.41, 5.74) is -0.473. The fraction of sp³-hybridized carbons (Fsp3) is 1.00. The van der Waals surface area contributed by atoms with Crippen molar-refractivity contribution in [1.82, 2.24) is 9.80 Å². The van der Waals surface area contributed by atoms with E-state index in [4.69, 9.17) is 0 Å². The van der Waals surface area contributed by atoms with Gasteiger partial charge < -0.3 is 14.9 Å². The van der Waals surface area contributed by atoms with Gasteiger partial charge in [-0.1, -0.05) is 19.3 Å². The van der Waals surface area contributed by atoms with E-state index in [1.807, 2.05) is 0 Å². The van der Waals surface area contributed by atoms with E-state index in [9.17, 15) is 5.11 Å². The Labute approximate surface area is 106 Å². The highest BCUT2D eigenvalue weighted by atomic mass is 16.3. The van der Waals surface area contributed by atoms with Crippen LogP contribution in [0.2, 0.25) is 0 Å². The summed E-state index contributed by atoms with van der Waals surface area (Å²) in [7, 11) is 4.31. The molecule has 100 valence electrons. The molecule has 1 saturated heterocycles. The number of likely N-dealkylation sites (tertiary alicyclic amines) is 1. The second kappa shape index (κ2) is 5.68. The molecule has 0 aromatic rings. The Bertz CT molecular complexity index is 240. The lowest BCUT2D eigenvalue weighted by atomic mass is 9.90. The number of aliphatic hydroxyl groups is 1. The number of nitrogens with zero attached hydrogens (tertiary/aromatic N) is 2. The fourth-order valence-corrected chi connectivity index (χ4v) is 3.58. The first-order valence-corrected chi connectivity index (χ1v) is 7.20. The van der Waals surface area contributed by atoms with E-state index in [1.165, 1.54) is 32.1 Å². The van der Waals surface area contributed by atoms with E-state index in [0.29, 0.717) is 6.04 Å². The molecule has 0 bridgehead atoms. The normalized spacial score (nSPS) is 33.2. The Morgan fingerprint density at radius 2 is 1.94 bits per heavy atom.